The molecule has 1 aliphatic rings. The Kier molecular flexibility index (Phi) is 9.65. The Morgan fingerprint density at radius 1 is 1.46 bits per heavy atom. The van der Waals surface area contributed by atoms with Crippen molar-refractivity contribution < 1.29 is 31.8 Å². The number of rotatable bonds is 11. The molecule has 1 aliphatic heterocycles. The molecule has 144 valence electrons. The van der Waals surface area contributed by atoms with E-state index in [9.17, 15) is 13.0 Å². The monoisotopic (exact) mass is 408 g/mol. The van der Waals surface area contributed by atoms with Gasteiger partial charge in [0.05, 0.1) is 19.5 Å². The molecule has 24 heavy (non-hydrogen) atoms. The Balaban J connectivity index is 2.95. The summed E-state index contributed by atoms with van der Waals surface area (Å²) in [7, 11) is -7.14. The Bertz CT molecular complexity index is 522. The third kappa shape index (κ3) is 6.51. The van der Waals surface area contributed by atoms with Crippen LogP contribution in [0.15, 0.2) is 0 Å². The molecule has 0 amide bonds. The van der Waals surface area contributed by atoms with E-state index >= 15 is 0 Å². The molecule has 1 fully saturated rings. The first-order chi connectivity index (χ1) is 11.3. The van der Waals surface area contributed by atoms with Gasteiger partial charge in [-0.25, -0.2) is 9.56 Å². The summed E-state index contributed by atoms with van der Waals surface area (Å²) in [5, 5.41) is 9.12. The topological polar surface area (TPSA) is 106 Å². The zero-order valence-corrected chi connectivity index (χ0v) is 16.4. The van der Waals surface area contributed by atoms with Gasteiger partial charge in [0, 0.05) is 31.9 Å². The lowest BCUT2D eigenvalue weighted by atomic mass is 10.3. The van der Waals surface area contributed by atoms with Crippen molar-refractivity contribution >= 4 is 29.4 Å². The zero-order chi connectivity index (χ0) is 18.2. The summed E-state index contributed by atoms with van der Waals surface area (Å²) in [4.78, 5) is 4.42. The van der Waals surface area contributed by atoms with Crippen molar-refractivity contribution in [3.63, 3.8) is 0 Å². The third-order valence-corrected chi connectivity index (χ3v) is 7.00. The van der Waals surface area contributed by atoms with Crippen LogP contribution < -0.4 is 0 Å². The van der Waals surface area contributed by atoms with Crippen LogP contribution in [-0.4, -0.2) is 74.2 Å². The van der Waals surface area contributed by atoms with Gasteiger partial charge in [-0.1, -0.05) is 13.3 Å². The highest BCUT2D eigenvalue weighted by atomic mass is 35.5. The van der Waals surface area contributed by atoms with Crippen molar-refractivity contribution in [3.8, 4) is 0 Å². The molecule has 1 heterocycles. The van der Waals surface area contributed by atoms with Crippen molar-refractivity contribution in [2.75, 3.05) is 45.0 Å². The maximum atomic E-state index is 13.5. The van der Waals surface area contributed by atoms with E-state index in [1.165, 1.54) is 4.67 Å². The summed E-state index contributed by atoms with van der Waals surface area (Å²) in [5.41, 5.74) is 0. The summed E-state index contributed by atoms with van der Waals surface area (Å²) in [5.74, 6) is 0.259. The highest BCUT2D eigenvalue weighted by Gasteiger charge is 2.46. The predicted molar refractivity (Wildman–Crippen MR) is 90.4 cm³/mol. The van der Waals surface area contributed by atoms with E-state index in [-0.39, 0.29) is 25.6 Å². The van der Waals surface area contributed by atoms with Gasteiger partial charge in [0.2, 0.25) is 0 Å². The van der Waals surface area contributed by atoms with E-state index in [1.807, 2.05) is 6.92 Å². The first kappa shape index (κ1) is 22.3. The molecule has 0 spiro atoms. The highest BCUT2D eigenvalue weighted by molar-refractivity contribution is 7.85. The summed E-state index contributed by atoms with van der Waals surface area (Å²) >= 11 is 5.82. The number of hydrogen-bond donors (Lipinski definition) is 1. The van der Waals surface area contributed by atoms with Gasteiger partial charge >= 0.3 is 7.67 Å². The standard InChI is InChI=1S/C12H26ClN2O7PS/c1-3-4-7-14(8-6-13)23(17)15(9-11-21-24(2,18)19)12(22-16)5-10-20-23/h12,16H,3-11H2,1-2H3. The molecule has 0 saturated carbocycles. The van der Waals surface area contributed by atoms with Gasteiger partial charge in [-0.15, -0.1) is 11.6 Å². The van der Waals surface area contributed by atoms with Gasteiger partial charge in [0.15, 0.2) is 6.23 Å². The molecule has 0 aromatic heterocycles. The average Bonchev–Trinajstić information content (AvgIpc) is 2.51. The Hall–Kier alpha value is 0.230. The van der Waals surface area contributed by atoms with Gasteiger partial charge in [-0.05, 0) is 6.42 Å². The molecule has 9 nitrogen and oxygen atoms in total. The highest BCUT2D eigenvalue weighted by Crippen LogP contribution is 2.58. The minimum absolute atomic E-state index is 0.0412. The SMILES string of the molecule is CCCCN(CCCl)P1(=O)OCCC(OO)N1CCOS(C)(=O)=O. The average molecular weight is 409 g/mol. The molecule has 0 aromatic rings. The lowest BCUT2D eigenvalue weighted by Crippen LogP contribution is -2.46. The number of halogens is 1. The van der Waals surface area contributed by atoms with Crippen LogP contribution in [0.1, 0.15) is 26.2 Å². The minimum Gasteiger partial charge on any atom is -0.306 e. The molecule has 0 radical (unpaired) electrons. The molecule has 1 N–H and O–H groups in total. The van der Waals surface area contributed by atoms with E-state index < -0.39 is 24.0 Å². The van der Waals surface area contributed by atoms with Crippen molar-refractivity contribution in [1.29, 1.82) is 0 Å². The van der Waals surface area contributed by atoms with Crippen molar-refractivity contribution in [2.45, 2.75) is 32.4 Å². The second-order valence-electron chi connectivity index (χ2n) is 5.36. The molecule has 0 aromatic carbocycles. The first-order valence-corrected chi connectivity index (χ1v) is 11.6. The predicted octanol–water partition coefficient (Wildman–Crippen LogP) is 1.95. The lowest BCUT2D eigenvalue weighted by Gasteiger charge is -2.43. The summed E-state index contributed by atoms with van der Waals surface area (Å²) in [6, 6.07) is 0. The van der Waals surface area contributed by atoms with Crippen LogP contribution in [0, 0.1) is 0 Å². The number of unbranched alkanes of at least 4 members (excludes halogenated alkanes) is 1. The van der Waals surface area contributed by atoms with E-state index in [2.05, 4.69) is 4.89 Å². The Morgan fingerprint density at radius 3 is 2.71 bits per heavy atom. The summed E-state index contributed by atoms with van der Waals surface area (Å²) in [6.45, 7) is 2.72. The smallest absolute Gasteiger partial charge is 0.306 e. The van der Waals surface area contributed by atoms with Crippen LogP contribution in [-0.2, 0) is 28.3 Å². The molecular formula is C12H26ClN2O7PS. The fraction of sp³-hybridized carbons (Fsp3) is 1.00. The van der Waals surface area contributed by atoms with Crippen molar-refractivity contribution in [3.05, 3.63) is 0 Å². The zero-order valence-electron chi connectivity index (χ0n) is 14.0. The quantitative estimate of drug-likeness (QED) is 0.180. The van der Waals surface area contributed by atoms with E-state index in [0.29, 0.717) is 19.5 Å². The van der Waals surface area contributed by atoms with Crippen LogP contribution in [0.5, 0.6) is 0 Å². The Labute approximate surface area is 148 Å². The van der Waals surface area contributed by atoms with Gasteiger partial charge < -0.3 is 4.52 Å². The number of alkyl halides is 1. The van der Waals surface area contributed by atoms with Crippen LogP contribution in [0.2, 0.25) is 0 Å². The van der Waals surface area contributed by atoms with Crippen molar-refractivity contribution in [1.82, 2.24) is 9.34 Å². The van der Waals surface area contributed by atoms with Gasteiger partial charge in [0.1, 0.15) is 0 Å². The van der Waals surface area contributed by atoms with Crippen molar-refractivity contribution in [2.24, 2.45) is 0 Å². The van der Waals surface area contributed by atoms with E-state index in [4.69, 9.17) is 25.6 Å². The summed E-state index contributed by atoms with van der Waals surface area (Å²) in [6.07, 6.45) is 2.05. The first-order valence-electron chi connectivity index (χ1n) is 7.76. The molecule has 2 unspecified atom stereocenters. The second-order valence-corrected chi connectivity index (χ2v) is 9.70. The maximum absolute atomic E-state index is 13.5. The van der Waals surface area contributed by atoms with Gasteiger partial charge in [0.25, 0.3) is 10.1 Å². The van der Waals surface area contributed by atoms with Gasteiger partial charge in [-0.3, -0.25) is 14.0 Å². The van der Waals surface area contributed by atoms with E-state index in [0.717, 1.165) is 19.1 Å². The fourth-order valence-corrected chi connectivity index (χ4v) is 5.61. The number of nitrogens with zero attached hydrogens (tertiary/aromatic N) is 2. The Morgan fingerprint density at radius 2 is 2.17 bits per heavy atom. The fourth-order valence-electron chi connectivity index (χ4n) is 2.36. The van der Waals surface area contributed by atoms with Gasteiger partial charge in [-0.2, -0.15) is 13.1 Å². The molecule has 0 bridgehead atoms. The molecule has 1 saturated heterocycles. The molecule has 0 aliphatic carbocycles. The number of hydrogen-bond acceptors (Lipinski definition) is 7. The van der Waals surface area contributed by atoms with Crippen LogP contribution in [0.3, 0.4) is 0 Å². The molecule has 12 heteroatoms. The van der Waals surface area contributed by atoms with Crippen LogP contribution >= 0.6 is 19.3 Å². The van der Waals surface area contributed by atoms with E-state index in [1.54, 1.807) is 4.67 Å². The van der Waals surface area contributed by atoms with Crippen LogP contribution in [0.4, 0.5) is 0 Å². The largest absolute Gasteiger partial charge is 0.348 e. The second kappa shape index (κ2) is 10.4. The minimum atomic E-state index is -3.63. The normalized spacial score (nSPS) is 26.1. The molecule has 2 atom stereocenters. The molecular weight excluding hydrogens is 383 g/mol. The summed E-state index contributed by atoms with van der Waals surface area (Å²) < 4.78 is 48.9. The maximum Gasteiger partial charge on any atom is 0.348 e. The lowest BCUT2D eigenvalue weighted by molar-refractivity contribution is -0.309. The molecule has 1 rings (SSSR count). The van der Waals surface area contributed by atoms with Crippen LogP contribution in [0.25, 0.3) is 0 Å². The third-order valence-electron chi connectivity index (χ3n) is 3.49.